The minimum absolute atomic E-state index is 0.00192. The molecule has 0 unspecified atom stereocenters. The standard InChI is InChI=1S/C14H23N3/c1-16-12-14(15)7-9-17(10-8-14)11-13-5-3-2-4-6-13/h2-6,16H,7-12,15H2,1H3. The van der Waals surface area contributed by atoms with Crippen LogP contribution in [0.2, 0.25) is 0 Å². The molecule has 0 atom stereocenters. The number of rotatable bonds is 4. The van der Waals surface area contributed by atoms with Crippen molar-refractivity contribution in [1.29, 1.82) is 0 Å². The number of nitrogens with one attached hydrogen (secondary N) is 1. The smallest absolute Gasteiger partial charge is 0.0305 e. The van der Waals surface area contributed by atoms with Crippen LogP contribution in [0, 0.1) is 0 Å². The van der Waals surface area contributed by atoms with Gasteiger partial charge in [0.1, 0.15) is 0 Å². The number of piperidine rings is 1. The third-order valence-electron chi connectivity index (χ3n) is 3.63. The summed E-state index contributed by atoms with van der Waals surface area (Å²) in [6.45, 7) is 4.18. The lowest BCUT2D eigenvalue weighted by molar-refractivity contribution is 0.155. The lowest BCUT2D eigenvalue weighted by Gasteiger charge is -2.39. The van der Waals surface area contributed by atoms with E-state index in [2.05, 4.69) is 40.5 Å². The first-order chi connectivity index (χ1) is 8.22. The van der Waals surface area contributed by atoms with Crippen molar-refractivity contribution in [3.05, 3.63) is 35.9 Å². The van der Waals surface area contributed by atoms with E-state index in [0.717, 1.165) is 39.0 Å². The molecule has 1 aromatic carbocycles. The Labute approximate surface area is 104 Å². The number of nitrogens with two attached hydrogens (primary N) is 1. The van der Waals surface area contributed by atoms with Gasteiger partial charge in [-0.2, -0.15) is 0 Å². The van der Waals surface area contributed by atoms with Gasteiger partial charge < -0.3 is 11.1 Å². The molecule has 0 bridgehead atoms. The molecule has 1 aliphatic heterocycles. The largest absolute Gasteiger partial charge is 0.324 e. The zero-order chi connectivity index (χ0) is 12.1. The molecular weight excluding hydrogens is 210 g/mol. The van der Waals surface area contributed by atoms with Gasteiger partial charge in [-0.3, -0.25) is 4.90 Å². The number of nitrogens with zero attached hydrogens (tertiary/aromatic N) is 1. The second kappa shape index (κ2) is 5.63. The van der Waals surface area contributed by atoms with Gasteiger partial charge in [-0.1, -0.05) is 30.3 Å². The molecule has 1 aromatic rings. The molecule has 0 amide bonds. The molecule has 0 radical (unpaired) electrons. The molecule has 3 nitrogen and oxygen atoms in total. The fraction of sp³-hybridized carbons (Fsp3) is 0.571. The van der Waals surface area contributed by atoms with Gasteiger partial charge in [-0.05, 0) is 25.5 Å². The summed E-state index contributed by atoms with van der Waals surface area (Å²) in [5, 5.41) is 3.20. The maximum absolute atomic E-state index is 6.34. The van der Waals surface area contributed by atoms with Crippen LogP contribution in [0.5, 0.6) is 0 Å². The van der Waals surface area contributed by atoms with Crippen molar-refractivity contribution in [3.63, 3.8) is 0 Å². The van der Waals surface area contributed by atoms with Crippen LogP contribution < -0.4 is 11.1 Å². The van der Waals surface area contributed by atoms with Crippen LogP contribution >= 0.6 is 0 Å². The molecule has 17 heavy (non-hydrogen) atoms. The molecule has 2 rings (SSSR count). The monoisotopic (exact) mass is 233 g/mol. The van der Waals surface area contributed by atoms with Crippen molar-refractivity contribution < 1.29 is 0 Å². The summed E-state index contributed by atoms with van der Waals surface area (Å²) in [6, 6.07) is 10.7. The van der Waals surface area contributed by atoms with E-state index in [4.69, 9.17) is 5.73 Å². The summed E-state index contributed by atoms with van der Waals surface area (Å²) in [7, 11) is 1.98. The molecule has 1 saturated heterocycles. The van der Waals surface area contributed by atoms with Crippen LogP contribution in [0.15, 0.2) is 30.3 Å². The van der Waals surface area contributed by atoms with Crippen molar-refractivity contribution in [3.8, 4) is 0 Å². The van der Waals surface area contributed by atoms with Crippen LogP contribution in [-0.4, -0.2) is 37.1 Å². The van der Waals surface area contributed by atoms with Gasteiger partial charge in [-0.25, -0.2) is 0 Å². The van der Waals surface area contributed by atoms with Gasteiger partial charge in [0.05, 0.1) is 0 Å². The number of likely N-dealkylation sites (tertiary alicyclic amines) is 1. The van der Waals surface area contributed by atoms with E-state index in [9.17, 15) is 0 Å². The highest BCUT2D eigenvalue weighted by atomic mass is 15.1. The van der Waals surface area contributed by atoms with Crippen molar-refractivity contribution in [2.45, 2.75) is 24.9 Å². The molecule has 94 valence electrons. The minimum atomic E-state index is 0.00192. The van der Waals surface area contributed by atoms with Crippen LogP contribution in [0.4, 0.5) is 0 Å². The molecule has 1 aliphatic rings. The van der Waals surface area contributed by atoms with Gasteiger partial charge in [0.2, 0.25) is 0 Å². The lowest BCUT2D eigenvalue weighted by atomic mass is 9.88. The predicted molar refractivity (Wildman–Crippen MR) is 71.8 cm³/mol. The predicted octanol–water partition coefficient (Wildman–Crippen LogP) is 1.20. The summed E-state index contributed by atoms with van der Waals surface area (Å²) in [5.41, 5.74) is 7.73. The highest BCUT2D eigenvalue weighted by molar-refractivity contribution is 5.14. The Kier molecular flexibility index (Phi) is 4.15. The molecule has 0 spiro atoms. The molecule has 0 aromatic heterocycles. The molecule has 0 aliphatic carbocycles. The maximum atomic E-state index is 6.34. The Bertz CT molecular complexity index is 329. The number of likely N-dealkylation sites (N-methyl/N-ethyl adjacent to an activating group) is 1. The molecule has 1 heterocycles. The van der Waals surface area contributed by atoms with Gasteiger partial charge in [0, 0.05) is 31.7 Å². The third kappa shape index (κ3) is 3.53. The van der Waals surface area contributed by atoms with Crippen molar-refractivity contribution >= 4 is 0 Å². The zero-order valence-corrected chi connectivity index (χ0v) is 10.7. The minimum Gasteiger partial charge on any atom is -0.324 e. The second-order valence-electron chi connectivity index (χ2n) is 5.15. The average molecular weight is 233 g/mol. The zero-order valence-electron chi connectivity index (χ0n) is 10.7. The fourth-order valence-corrected chi connectivity index (χ4v) is 2.53. The Hall–Kier alpha value is -0.900. The van der Waals surface area contributed by atoms with Crippen molar-refractivity contribution in [2.24, 2.45) is 5.73 Å². The van der Waals surface area contributed by atoms with Crippen LogP contribution in [0.25, 0.3) is 0 Å². The highest BCUT2D eigenvalue weighted by Gasteiger charge is 2.29. The Balaban J connectivity index is 1.83. The first kappa shape index (κ1) is 12.6. The molecule has 3 heteroatoms. The summed E-state index contributed by atoms with van der Waals surface area (Å²) >= 11 is 0. The SMILES string of the molecule is CNCC1(N)CCN(Cc2ccccc2)CC1. The fourth-order valence-electron chi connectivity index (χ4n) is 2.53. The topological polar surface area (TPSA) is 41.3 Å². The Morgan fingerprint density at radius 3 is 2.47 bits per heavy atom. The molecule has 0 saturated carbocycles. The van der Waals surface area contributed by atoms with E-state index in [0.29, 0.717) is 0 Å². The van der Waals surface area contributed by atoms with E-state index < -0.39 is 0 Å². The van der Waals surface area contributed by atoms with E-state index in [-0.39, 0.29) is 5.54 Å². The van der Waals surface area contributed by atoms with E-state index in [1.807, 2.05) is 7.05 Å². The molecule has 3 N–H and O–H groups in total. The number of hydrogen-bond donors (Lipinski definition) is 2. The van der Waals surface area contributed by atoms with Crippen LogP contribution in [-0.2, 0) is 6.54 Å². The van der Waals surface area contributed by atoms with Gasteiger partial charge in [0.15, 0.2) is 0 Å². The summed E-state index contributed by atoms with van der Waals surface area (Å²) in [5.74, 6) is 0. The third-order valence-corrected chi connectivity index (χ3v) is 3.63. The summed E-state index contributed by atoms with van der Waals surface area (Å²) in [4.78, 5) is 2.50. The second-order valence-corrected chi connectivity index (χ2v) is 5.15. The maximum Gasteiger partial charge on any atom is 0.0305 e. The quantitative estimate of drug-likeness (QED) is 0.821. The van der Waals surface area contributed by atoms with Crippen LogP contribution in [0.1, 0.15) is 18.4 Å². The number of hydrogen-bond acceptors (Lipinski definition) is 3. The number of benzene rings is 1. The van der Waals surface area contributed by atoms with E-state index in [1.165, 1.54) is 5.56 Å². The van der Waals surface area contributed by atoms with Crippen LogP contribution in [0.3, 0.4) is 0 Å². The van der Waals surface area contributed by atoms with E-state index in [1.54, 1.807) is 0 Å². The van der Waals surface area contributed by atoms with Crippen molar-refractivity contribution in [1.82, 2.24) is 10.2 Å². The van der Waals surface area contributed by atoms with Crippen molar-refractivity contribution in [2.75, 3.05) is 26.7 Å². The van der Waals surface area contributed by atoms with E-state index >= 15 is 0 Å². The summed E-state index contributed by atoms with van der Waals surface area (Å²) in [6.07, 6.45) is 2.17. The molecular formula is C14H23N3. The van der Waals surface area contributed by atoms with Gasteiger partial charge in [0.25, 0.3) is 0 Å². The summed E-state index contributed by atoms with van der Waals surface area (Å²) < 4.78 is 0. The van der Waals surface area contributed by atoms with Gasteiger partial charge >= 0.3 is 0 Å². The molecule has 1 fully saturated rings. The highest BCUT2D eigenvalue weighted by Crippen LogP contribution is 2.20. The average Bonchev–Trinajstić information content (AvgIpc) is 2.34. The first-order valence-corrected chi connectivity index (χ1v) is 6.42. The Morgan fingerprint density at radius 1 is 1.24 bits per heavy atom. The normalized spacial score (nSPS) is 20.4. The first-order valence-electron chi connectivity index (χ1n) is 6.42. The van der Waals surface area contributed by atoms with Gasteiger partial charge in [-0.15, -0.1) is 0 Å². The Morgan fingerprint density at radius 2 is 1.88 bits per heavy atom. The lowest BCUT2D eigenvalue weighted by Crippen LogP contribution is -2.55.